The molecule has 0 radical (unpaired) electrons. The van der Waals surface area contributed by atoms with Crippen LogP contribution in [0.15, 0.2) is 28.2 Å². The van der Waals surface area contributed by atoms with E-state index in [1.165, 1.54) is 0 Å². The normalized spacial score (nSPS) is 10.9. The summed E-state index contributed by atoms with van der Waals surface area (Å²) >= 11 is 1.54. The van der Waals surface area contributed by atoms with Crippen molar-refractivity contribution in [3.8, 4) is 10.8 Å². The van der Waals surface area contributed by atoms with Gasteiger partial charge in [-0.1, -0.05) is 18.2 Å². The number of carboxylic acids is 1. The van der Waals surface area contributed by atoms with Crippen LogP contribution in [0.1, 0.15) is 28.8 Å². The molecule has 0 atom stereocenters. The van der Waals surface area contributed by atoms with Gasteiger partial charge in [0.2, 0.25) is 5.89 Å². The third-order valence-corrected chi connectivity index (χ3v) is 3.83. The second kappa shape index (κ2) is 5.49. The van der Waals surface area contributed by atoms with E-state index < -0.39 is 5.97 Å². The topological polar surface area (TPSA) is 94.0 Å². The maximum atomic E-state index is 11.1. The van der Waals surface area contributed by atoms with E-state index in [4.69, 9.17) is 9.52 Å². The van der Waals surface area contributed by atoms with Gasteiger partial charge in [-0.05, 0) is 17.9 Å². The van der Waals surface area contributed by atoms with Crippen molar-refractivity contribution in [1.82, 2.24) is 20.0 Å². The molecule has 0 saturated heterocycles. The van der Waals surface area contributed by atoms with Crippen molar-refractivity contribution in [3.63, 3.8) is 0 Å². The first-order valence-electron chi connectivity index (χ1n) is 6.33. The minimum atomic E-state index is -1.07. The Morgan fingerprint density at radius 3 is 3.05 bits per heavy atom. The fourth-order valence-electron chi connectivity index (χ4n) is 2.02. The summed E-state index contributed by atoms with van der Waals surface area (Å²) in [6.07, 6.45) is 2.08. The predicted molar refractivity (Wildman–Crippen MR) is 75.3 cm³/mol. The van der Waals surface area contributed by atoms with E-state index in [0.717, 1.165) is 4.88 Å². The fourth-order valence-corrected chi connectivity index (χ4v) is 2.68. The molecule has 0 saturated carbocycles. The zero-order valence-electron chi connectivity index (χ0n) is 11.2. The Bertz CT molecular complexity index is 760. The lowest BCUT2D eigenvalue weighted by Crippen LogP contribution is -2.08. The van der Waals surface area contributed by atoms with E-state index in [1.54, 1.807) is 22.3 Å². The van der Waals surface area contributed by atoms with Gasteiger partial charge in [-0.3, -0.25) is 0 Å². The molecule has 3 aromatic rings. The molecule has 108 valence electrons. The fraction of sp³-hybridized carbons (Fsp3) is 0.231. The van der Waals surface area contributed by atoms with Crippen molar-refractivity contribution in [2.75, 3.05) is 0 Å². The molecular formula is C13H12N4O3S. The van der Waals surface area contributed by atoms with Crippen LogP contribution in [0, 0.1) is 0 Å². The Balaban J connectivity index is 1.86. The summed E-state index contributed by atoms with van der Waals surface area (Å²) in [6, 6.07) is 3.85. The quantitative estimate of drug-likeness (QED) is 0.777. The maximum Gasteiger partial charge on any atom is 0.358 e. The van der Waals surface area contributed by atoms with Gasteiger partial charge in [0.05, 0.1) is 17.1 Å². The number of carboxylic acid groups (broad SMARTS) is 1. The Kier molecular flexibility index (Phi) is 3.53. The SMILES string of the molecule is CCc1c(C(=O)O)nnn1Cc1coc(-c2cccs2)n1. The summed E-state index contributed by atoms with van der Waals surface area (Å²) in [6.45, 7) is 2.19. The van der Waals surface area contributed by atoms with E-state index in [1.807, 2.05) is 24.4 Å². The molecule has 0 aromatic carbocycles. The molecule has 0 fully saturated rings. The highest BCUT2D eigenvalue weighted by molar-refractivity contribution is 7.13. The lowest BCUT2D eigenvalue weighted by molar-refractivity contribution is 0.0689. The van der Waals surface area contributed by atoms with Gasteiger partial charge < -0.3 is 9.52 Å². The number of carbonyl (C=O) groups is 1. The van der Waals surface area contributed by atoms with E-state index in [9.17, 15) is 4.79 Å². The number of oxazole rings is 1. The first-order chi connectivity index (χ1) is 10.2. The first-order valence-corrected chi connectivity index (χ1v) is 7.21. The summed E-state index contributed by atoms with van der Waals surface area (Å²) in [7, 11) is 0. The van der Waals surface area contributed by atoms with Crippen LogP contribution in [0.5, 0.6) is 0 Å². The molecule has 3 heterocycles. The van der Waals surface area contributed by atoms with Crippen molar-refractivity contribution >= 4 is 17.3 Å². The molecule has 7 nitrogen and oxygen atoms in total. The number of aromatic nitrogens is 4. The van der Waals surface area contributed by atoms with Crippen LogP contribution in [0.4, 0.5) is 0 Å². The molecule has 3 aromatic heterocycles. The van der Waals surface area contributed by atoms with Gasteiger partial charge >= 0.3 is 5.97 Å². The molecule has 0 spiro atoms. The summed E-state index contributed by atoms with van der Waals surface area (Å²) in [5.41, 5.74) is 1.23. The molecule has 0 aliphatic heterocycles. The summed E-state index contributed by atoms with van der Waals surface area (Å²) < 4.78 is 6.97. The molecule has 0 bridgehead atoms. The van der Waals surface area contributed by atoms with Gasteiger partial charge in [0.25, 0.3) is 0 Å². The first kappa shape index (κ1) is 13.5. The monoisotopic (exact) mass is 304 g/mol. The maximum absolute atomic E-state index is 11.1. The predicted octanol–water partition coefficient (Wildman–Crippen LogP) is 2.30. The van der Waals surface area contributed by atoms with Crippen LogP contribution in [-0.4, -0.2) is 31.1 Å². The van der Waals surface area contributed by atoms with Gasteiger partial charge in [-0.2, -0.15) is 0 Å². The molecule has 0 aliphatic carbocycles. The van der Waals surface area contributed by atoms with Crippen LogP contribution in [0.3, 0.4) is 0 Å². The minimum absolute atomic E-state index is 0.0144. The van der Waals surface area contributed by atoms with Crippen molar-refractivity contribution in [1.29, 1.82) is 0 Å². The molecule has 1 N–H and O–H groups in total. The molecular weight excluding hydrogens is 292 g/mol. The van der Waals surface area contributed by atoms with Gasteiger partial charge in [0, 0.05) is 0 Å². The largest absolute Gasteiger partial charge is 0.476 e. The second-order valence-corrected chi connectivity index (χ2v) is 5.27. The van der Waals surface area contributed by atoms with Crippen LogP contribution >= 0.6 is 11.3 Å². The van der Waals surface area contributed by atoms with Crippen molar-refractivity contribution in [2.45, 2.75) is 19.9 Å². The van der Waals surface area contributed by atoms with Crippen molar-refractivity contribution in [3.05, 3.63) is 40.9 Å². The van der Waals surface area contributed by atoms with Gasteiger partial charge in [0.1, 0.15) is 12.0 Å². The highest BCUT2D eigenvalue weighted by atomic mass is 32.1. The van der Waals surface area contributed by atoms with E-state index >= 15 is 0 Å². The van der Waals surface area contributed by atoms with E-state index in [-0.39, 0.29) is 5.69 Å². The Morgan fingerprint density at radius 1 is 1.52 bits per heavy atom. The number of thiophene rings is 1. The molecule has 3 rings (SSSR count). The van der Waals surface area contributed by atoms with Crippen LogP contribution in [0.2, 0.25) is 0 Å². The van der Waals surface area contributed by atoms with Crippen LogP contribution in [-0.2, 0) is 13.0 Å². The Labute approximate surface area is 123 Å². The van der Waals surface area contributed by atoms with Crippen LogP contribution < -0.4 is 0 Å². The zero-order chi connectivity index (χ0) is 14.8. The van der Waals surface area contributed by atoms with Gasteiger partial charge in [-0.25, -0.2) is 14.5 Å². The third kappa shape index (κ3) is 2.57. The third-order valence-electron chi connectivity index (χ3n) is 2.97. The summed E-state index contributed by atoms with van der Waals surface area (Å²) in [4.78, 5) is 16.4. The minimum Gasteiger partial charge on any atom is -0.476 e. The molecule has 0 unspecified atom stereocenters. The number of hydrogen-bond acceptors (Lipinski definition) is 6. The molecule has 21 heavy (non-hydrogen) atoms. The highest BCUT2D eigenvalue weighted by Gasteiger charge is 2.18. The molecule has 0 amide bonds. The standard InChI is InChI=1S/C13H12N4O3S/c1-2-9-11(13(18)19)15-16-17(9)6-8-7-20-12(14-8)10-4-3-5-21-10/h3-5,7H,2,6H2,1H3,(H,18,19). The van der Waals surface area contributed by atoms with E-state index in [2.05, 4.69) is 15.3 Å². The van der Waals surface area contributed by atoms with Crippen molar-refractivity contribution in [2.24, 2.45) is 0 Å². The Hall–Kier alpha value is -2.48. The average molecular weight is 304 g/mol. The second-order valence-electron chi connectivity index (χ2n) is 4.32. The number of rotatable bonds is 5. The molecule has 8 heteroatoms. The lowest BCUT2D eigenvalue weighted by atomic mass is 10.2. The average Bonchev–Trinajstić information content (AvgIpc) is 3.18. The van der Waals surface area contributed by atoms with Crippen LogP contribution in [0.25, 0.3) is 10.8 Å². The van der Waals surface area contributed by atoms with E-state index in [0.29, 0.717) is 30.2 Å². The Morgan fingerprint density at radius 2 is 2.38 bits per heavy atom. The number of hydrogen-bond donors (Lipinski definition) is 1. The number of nitrogens with zero attached hydrogens (tertiary/aromatic N) is 4. The zero-order valence-corrected chi connectivity index (χ0v) is 12.0. The summed E-state index contributed by atoms with van der Waals surface area (Å²) in [5, 5.41) is 18.6. The van der Waals surface area contributed by atoms with Gasteiger partial charge in [0.15, 0.2) is 5.69 Å². The lowest BCUT2D eigenvalue weighted by Gasteiger charge is -2.01. The highest BCUT2D eigenvalue weighted by Crippen LogP contribution is 2.24. The number of aromatic carboxylic acids is 1. The van der Waals surface area contributed by atoms with Crippen molar-refractivity contribution < 1.29 is 14.3 Å². The smallest absolute Gasteiger partial charge is 0.358 e. The summed E-state index contributed by atoms with van der Waals surface area (Å²) in [5.74, 6) is -0.519. The molecule has 0 aliphatic rings. The van der Waals surface area contributed by atoms with Gasteiger partial charge in [-0.15, -0.1) is 16.4 Å².